The number of rotatable bonds is 25. The summed E-state index contributed by atoms with van der Waals surface area (Å²) in [6.07, 6.45) is 6.36. The average Bonchev–Trinajstić information content (AvgIpc) is 4.15. The van der Waals surface area contributed by atoms with Crippen molar-refractivity contribution in [1.29, 1.82) is 0 Å². The minimum absolute atomic E-state index is 0.0639. The summed E-state index contributed by atoms with van der Waals surface area (Å²) in [6, 6.07) is 17.0. The van der Waals surface area contributed by atoms with Crippen LogP contribution >= 0.6 is 34.4 Å². The van der Waals surface area contributed by atoms with E-state index < -0.39 is 0 Å². The number of thioether (sulfide) groups is 1. The van der Waals surface area contributed by atoms with E-state index in [-0.39, 0.29) is 41.2 Å². The molecule has 2 unspecified atom stereocenters. The van der Waals surface area contributed by atoms with Gasteiger partial charge in [0.25, 0.3) is 5.91 Å². The molecular formula is C42H50N10O7S3. The molecule has 4 amide bonds. The van der Waals surface area contributed by atoms with Crippen LogP contribution in [0.4, 0.5) is 15.6 Å². The molecule has 5 heterocycles. The Balaban J connectivity index is 0.711. The minimum atomic E-state index is -0.388. The molecule has 2 aromatic carbocycles. The minimum Gasteiger partial charge on any atom is -0.379 e. The molecule has 0 saturated carbocycles. The van der Waals surface area contributed by atoms with E-state index >= 15 is 0 Å². The highest BCUT2D eigenvalue weighted by molar-refractivity contribution is 8.00. The first-order valence-electron chi connectivity index (χ1n) is 20.7. The van der Waals surface area contributed by atoms with Crippen molar-refractivity contribution in [2.75, 3.05) is 58.5 Å². The normalized spacial score (nSPS) is 17.0. The van der Waals surface area contributed by atoms with Gasteiger partial charge < -0.3 is 35.5 Å². The number of nitrogens with one attached hydrogen (secondary N) is 5. The van der Waals surface area contributed by atoms with Gasteiger partial charge in [0.1, 0.15) is 0 Å². The van der Waals surface area contributed by atoms with Crippen molar-refractivity contribution in [1.82, 2.24) is 41.0 Å². The van der Waals surface area contributed by atoms with Crippen molar-refractivity contribution in [2.45, 2.75) is 55.9 Å². The molecule has 17 nitrogen and oxygen atoms in total. The number of urea groups is 1. The molecule has 3 aromatic heterocycles. The van der Waals surface area contributed by atoms with E-state index in [2.05, 4.69) is 41.6 Å². The van der Waals surface area contributed by atoms with Crippen molar-refractivity contribution in [2.24, 2.45) is 10.2 Å². The van der Waals surface area contributed by atoms with Crippen LogP contribution in [-0.2, 0) is 19.0 Å². The Morgan fingerprint density at radius 3 is 2.31 bits per heavy atom. The number of carbonyl (C=O) groups is 3. The van der Waals surface area contributed by atoms with Gasteiger partial charge in [-0.1, -0.05) is 48.9 Å². The summed E-state index contributed by atoms with van der Waals surface area (Å²) in [4.78, 5) is 58.8. The van der Waals surface area contributed by atoms with Crippen LogP contribution in [0.5, 0.6) is 0 Å². The van der Waals surface area contributed by atoms with E-state index in [4.69, 9.17) is 19.2 Å². The zero-order chi connectivity index (χ0) is 42.9. The van der Waals surface area contributed by atoms with Crippen LogP contribution in [0.3, 0.4) is 0 Å². The van der Waals surface area contributed by atoms with Crippen molar-refractivity contribution in [3.63, 3.8) is 0 Å². The lowest BCUT2D eigenvalue weighted by atomic mass is 10.0. The molecule has 5 N–H and O–H groups in total. The lowest BCUT2D eigenvalue weighted by Gasteiger charge is -2.16. The van der Waals surface area contributed by atoms with E-state index in [0.717, 1.165) is 42.6 Å². The third-order valence-corrected chi connectivity index (χ3v) is 13.1. The van der Waals surface area contributed by atoms with Crippen molar-refractivity contribution < 1.29 is 28.6 Å². The van der Waals surface area contributed by atoms with Crippen molar-refractivity contribution in [3.8, 4) is 27.6 Å². The predicted molar refractivity (Wildman–Crippen MR) is 240 cm³/mol. The maximum absolute atomic E-state index is 13.6. The fraction of sp³-hybridized carbons (Fsp3) is 0.429. The fourth-order valence-electron chi connectivity index (χ4n) is 6.90. The summed E-state index contributed by atoms with van der Waals surface area (Å²) < 4.78 is 18.2. The first-order valence-corrected chi connectivity index (χ1v) is 23.5. The summed E-state index contributed by atoms with van der Waals surface area (Å²) in [6.45, 7) is 3.90. The number of azo groups is 1. The Bertz CT molecular complexity index is 2280. The number of H-pyrrole nitrogens is 1. The van der Waals surface area contributed by atoms with Gasteiger partial charge in [-0.05, 0) is 37.8 Å². The number of aromatic amines is 1. The Kier molecular flexibility index (Phi) is 16.8. The number of fused-ring (bicyclic) bond motifs is 1. The van der Waals surface area contributed by atoms with Gasteiger partial charge in [0.2, 0.25) is 16.2 Å². The van der Waals surface area contributed by atoms with E-state index in [1.54, 1.807) is 23.7 Å². The van der Waals surface area contributed by atoms with Crippen LogP contribution in [-0.4, -0.2) is 113 Å². The predicted octanol–water partition coefficient (Wildman–Crippen LogP) is 6.23. The third kappa shape index (κ3) is 12.7. The van der Waals surface area contributed by atoms with E-state index in [9.17, 15) is 19.2 Å². The quantitative estimate of drug-likeness (QED) is 0.0253. The maximum Gasteiger partial charge on any atom is 0.315 e. The zero-order valence-corrected chi connectivity index (χ0v) is 36.5. The topological polar surface area (TPSA) is 215 Å². The highest BCUT2D eigenvalue weighted by Gasteiger charge is 2.42. The summed E-state index contributed by atoms with van der Waals surface area (Å²) in [7, 11) is 0. The average molecular weight is 903 g/mol. The van der Waals surface area contributed by atoms with Crippen LogP contribution in [0.15, 0.2) is 86.6 Å². The van der Waals surface area contributed by atoms with Gasteiger partial charge in [0.15, 0.2) is 5.69 Å². The SMILES string of the molecule is O=C(CCCC[C@H]1SCC2NC(=O)NC21)NCCCOCCOCCOCCCNC(=O)c1ccc(-c2csc(-n3[nH]c(-c4ccccc4)c(N=Nc4nccs4)c3=O)n2)cc1. The number of benzene rings is 2. The lowest BCUT2D eigenvalue weighted by Crippen LogP contribution is -2.36. The van der Waals surface area contributed by atoms with E-state index in [1.807, 2.05) is 59.6 Å². The van der Waals surface area contributed by atoms with E-state index in [0.29, 0.717) is 98.0 Å². The second-order valence-electron chi connectivity index (χ2n) is 14.5. The number of thiazole rings is 2. The second kappa shape index (κ2) is 23.3. The summed E-state index contributed by atoms with van der Waals surface area (Å²) >= 11 is 4.53. The number of unbranched alkanes of at least 4 members (excludes halogenated alkanes) is 1. The highest BCUT2D eigenvalue weighted by Crippen LogP contribution is 2.33. The van der Waals surface area contributed by atoms with Crippen LogP contribution in [0.25, 0.3) is 27.6 Å². The molecule has 0 aliphatic carbocycles. The van der Waals surface area contributed by atoms with Crippen molar-refractivity contribution >= 4 is 63.1 Å². The van der Waals surface area contributed by atoms with Gasteiger partial charge in [0, 0.05) is 77.4 Å². The van der Waals surface area contributed by atoms with Crippen LogP contribution in [0, 0.1) is 0 Å². The molecule has 5 aromatic rings. The Hall–Kier alpha value is -5.25. The molecule has 0 spiro atoms. The fourth-order valence-corrected chi connectivity index (χ4v) is 9.68. The van der Waals surface area contributed by atoms with E-state index in [1.165, 1.54) is 27.4 Å². The van der Waals surface area contributed by atoms with Gasteiger partial charge in [-0.3, -0.25) is 19.5 Å². The number of carbonyl (C=O) groups excluding carboxylic acids is 3. The molecule has 20 heteroatoms. The number of ether oxygens (including phenoxy) is 3. The molecule has 62 heavy (non-hydrogen) atoms. The molecule has 0 radical (unpaired) electrons. The molecule has 3 atom stereocenters. The Labute approximate surface area is 370 Å². The first kappa shape index (κ1) is 44.8. The van der Waals surface area contributed by atoms with Gasteiger partial charge in [-0.15, -0.1) is 32.9 Å². The molecule has 7 rings (SSSR count). The monoisotopic (exact) mass is 902 g/mol. The first-order chi connectivity index (χ1) is 30.4. The molecule has 2 aliphatic rings. The second-order valence-corrected chi connectivity index (χ2v) is 17.4. The number of amides is 4. The molecule has 328 valence electrons. The third-order valence-electron chi connectivity index (χ3n) is 10.1. The van der Waals surface area contributed by atoms with Crippen LogP contribution in [0.1, 0.15) is 48.9 Å². The number of aromatic nitrogens is 4. The molecule has 0 bridgehead atoms. The summed E-state index contributed by atoms with van der Waals surface area (Å²) in [5.41, 5.74) is 3.05. The standard InChI is InChI=1S/C42H50N10O7S3/c53-34(11-5-4-10-33-36-32(27-61-33)46-40(56)48-36)43-16-6-19-57-21-23-59-24-22-58-20-7-17-44-38(54)30-14-12-28(13-15-30)31-26-62-42(47-31)52-39(55)37(49-50-41-45-18-25-60-41)35(51-52)29-8-2-1-3-9-29/h1-3,8-9,12-15,18,25-26,32-33,36,51H,4-7,10-11,16-17,19-24,27H2,(H,43,53)(H,44,54)(H2,46,48,56)/t32?,33-,36?/m1/s1. The van der Waals surface area contributed by atoms with Crippen LogP contribution in [0.2, 0.25) is 0 Å². The summed E-state index contributed by atoms with van der Waals surface area (Å²) in [5, 5.41) is 28.4. The van der Waals surface area contributed by atoms with Crippen LogP contribution < -0.4 is 26.8 Å². The smallest absolute Gasteiger partial charge is 0.315 e. The molecular weight excluding hydrogens is 853 g/mol. The molecule has 2 aliphatic heterocycles. The lowest BCUT2D eigenvalue weighted by molar-refractivity contribution is -0.121. The molecule has 2 fully saturated rings. The van der Waals surface area contributed by atoms with Crippen molar-refractivity contribution in [3.05, 3.63) is 87.5 Å². The van der Waals surface area contributed by atoms with Gasteiger partial charge in [0.05, 0.1) is 49.9 Å². The largest absolute Gasteiger partial charge is 0.379 e. The Morgan fingerprint density at radius 1 is 0.823 bits per heavy atom. The summed E-state index contributed by atoms with van der Waals surface area (Å²) in [5.74, 6) is 0.832. The zero-order valence-electron chi connectivity index (χ0n) is 34.1. The maximum atomic E-state index is 13.6. The Morgan fingerprint density at radius 2 is 1.56 bits per heavy atom. The highest BCUT2D eigenvalue weighted by atomic mass is 32.2. The van der Waals surface area contributed by atoms with Gasteiger partial charge >= 0.3 is 11.6 Å². The molecule has 2 saturated heterocycles. The van der Waals surface area contributed by atoms with Gasteiger partial charge in [-0.2, -0.15) is 16.4 Å². The number of hydrogen-bond acceptors (Lipinski definition) is 14. The number of hydrogen-bond donors (Lipinski definition) is 5. The number of nitrogens with zero attached hydrogens (tertiary/aromatic N) is 5. The van der Waals surface area contributed by atoms with Gasteiger partial charge in [-0.25, -0.2) is 14.8 Å².